The van der Waals surface area contributed by atoms with Gasteiger partial charge in [-0.1, -0.05) is 6.58 Å². The summed E-state index contributed by atoms with van der Waals surface area (Å²) < 4.78 is 11.7. The van der Waals surface area contributed by atoms with Gasteiger partial charge in [0, 0.05) is 0 Å². The van der Waals surface area contributed by atoms with Gasteiger partial charge in [0.2, 0.25) is 5.88 Å². The number of hydrogen-bond donors (Lipinski definition) is 3. The summed E-state index contributed by atoms with van der Waals surface area (Å²) in [5.74, 6) is -1.21. The number of aliphatic hydroxyl groups excluding tert-OH is 2. The molecule has 0 atom stereocenters. The van der Waals surface area contributed by atoms with Crippen LogP contribution in [-0.2, 0) is 0 Å². The van der Waals surface area contributed by atoms with Crippen LogP contribution < -0.4 is 5.73 Å². The van der Waals surface area contributed by atoms with E-state index in [0.717, 1.165) is 0 Å². The summed E-state index contributed by atoms with van der Waals surface area (Å²) in [5.41, 5.74) is 5.04. The molecule has 0 aliphatic carbocycles. The first kappa shape index (κ1) is 10.5. The Morgan fingerprint density at radius 3 is 2.42 bits per heavy atom. The van der Waals surface area contributed by atoms with Gasteiger partial charge in [-0.3, -0.25) is 0 Å². The number of amidine groups is 1. The number of hydrogen-bond acceptors (Lipinski definition) is 3. The average molecular weight is 174 g/mol. The van der Waals surface area contributed by atoms with Crippen LogP contribution in [0.4, 0.5) is 4.39 Å². The van der Waals surface area contributed by atoms with Gasteiger partial charge in [-0.05, 0) is 6.92 Å². The fourth-order valence-corrected chi connectivity index (χ4v) is 0.379. The first-order chi connectivity index (χ1) is 5.49. The summed E-state index contributed by atoms with van der Waals surface area (Å²) in [7, 11) is 0. The van der Waals surface area contributed by atoms with E-state index in [1.165, 1.54) is 6.92 Å². The topological polar surface area (TPSA) is 78.8 Å². The lowest BCUT2D eigenvalue weighted by molar-refractivity contribution is 0.377. The number of allylic oxidation sites excluding steroid dienone is 1. The molecule has 0 aliphatic rings. The van der Waals surface area contributed by atoms with E-state index in [1.807, 2.05) is 0 Å². The van der Waals surface area contributed by atoms with E-state index in [-0.39, 0.29) is 17.2 Å². The quantitative estimate of drug-likeness (QED) is 0.260. The van der Waals surface area contributed by atoms with Crippen LogP contribution in [0.15, 0.2) is 28.8 Å². The van der Waals surface area contributed by atoms with Gasteiger partial charge in [-0.2, -0.15) is 4.99 Å². The molecule has 0 fully saturated rings. The summed E-state index contributed by atoms with van der Waals surface area (Å²) >= 11 is 0. The average Bonchev–Trinajstić information content (AvgIpc) is 2.02. The van der Waals surface area contributed by atoms with Gasteiger partial charge in [0.25, 0.3) is 0 Å². The molecule has 4 N–H and O–H groups in total. The Morgan fingerprint density at radius 1 is 1.58 bits per heavy atom. The van der Waals surface area contributed by atoms with Crippen LogP contribution in [0.2, 0.25) is 0 Å². The van der Waals surface area contributed by atoms with Gasteiger partial charge >= 0.3 is 0 Å². The number of aliphatic hydroxyl groups is 2. The highest BCUT2D eigenvalue weighted by Crippen LogP contribution is 2.08. The molecule has 0 unspecified atom stereocenters. The van der Waals surface area contributed by atoms with Crippen molar-refractivity contribution < 1.29 is 14.6 Å². The highest BCUT2D eigenvalue weighted by atomic mass is 19.1. The molecule has 68 valence electrons. The van der Waals surface area contributed by atoms with Crippen molar-refractivity contribution in [2.24, 2.45) is 10.7 Å². The lowest BCUT2D eigenvalue weighted by Crippen LogP contribution is -2.14. The van der Waals surface area contributed by atoms with E-state index >= 15 is 0 Å². The number of nitrogens with two attached hydrogens (primary N) is 1. The van der Waals surface area contributed by atoms with Gasteiger partial charge in [-0.25, -0.2) is 4.39 Å². The molecular weight excluding hydrogens is 163 g/mol. The fourth-order valence-electron chi connectivity index (χ4n) is 0.379. The van der Waals surface area contributed by atoms with Gasteiger partial charge in [0.15, 0.2) is 0 Å². The van der Waals surface area contributed by atoms with Crippen LogP contribution in [0.5, 0.6) is 0 Å². The van der Waals surface area contributed by atoms with Crippen molar-refractivity contribution >= 4 is 5.84 Å². The highest BCUT2D eigenvalue weighted by molar-refractivity contribution is 5.82. The Morgan fingerprint density at radius 2 is 2.08 bits per heavy atom. The molecule has 4 nitrogen and oxygen atoms in total. The molecule has 0 aliphatic heterocycles. The van der Waals surface area contributed by atoms with Gasteiger partial charge in [-0.15, -0.1) is 0 Å². The third-order valence-electron chi connectivity index (χ3n) is 1.15. The zero-order valence-corrected chi connectivity index (χ0v) is 6.71. The Labute approximate surface area is 69.5 Å². The number of aliphatic imine (C=N–C) groups is 1. The molecule has 0 aromatic carbocycles. The van der Waals surface area contributed by atoms with Crippen molar-refractivity contribution in [3.8, 4) is 0 Å². The predicted molar refractivity (Wildman–Crippen MR) is 44.7 cm³/mol. The molecule has 5 heteroatoms. The van der Waals surface area contributed by atoms with E-state index in [2.05, 4.69) is 11.6 Å². The van der Waals surface area contributed by atoms with Crippen molar-refractivity contribution in [3.05, 3.63) is 23.8 Å². The highest BCUT2D eigenvalue weighted by Gasteiger charge is 2.02. The van der Waals surface area contributed by atoms with Crippen molar-refractivity contribution in [3.63, 3.8) is 0 Å². The molecule has 0 heterocycles. The minimum Gasteiger partial charge on any atom is -0.508 e. The maximum Gasteiger partial charge on any atom is 0.219 e. The fraction of sp³-hybridized carbons (Fsp3) is 0.286. The minimum atomic E-state index is -0.949. The minimum absolute atomic E-state index is 0.0615. The maximum atomic E-state index is 11.7. The molecule has 0 amide bonds. The summed E-state index contributed by atoms with van der Waals surface area (Å²) in [6, 6.07) is 0. The van der Waals surface area contributed by atoms with Gasteiger partial charge < -0.3 is 15.9 Å². The lowest BCUT2D eigenvalue weighted by Gasteiger charge is -1.99. The number of nitrogens with zero attached hydrogens (tertiary/aromatic N) is 1. The predicted octanol–water partition coefficient (Wildman–Crippen LogP) is 1.17. The van der Waals surface area contributed by atoms with E-state index in [0.29, 0.717) is 0 Å². The third-order valence-corrected chi connectivity index (χ3v) is 1.15. The summed E-state index contributed by atoms with van der Waals surface area (Å²) in [6.07, 6.45) is 0. The Balaban J connectivity index is 4.69. The smallest absolute Gasteiger partial charge is 0.219 e. The molecule has 0 bridgehead atoms. The van der Waals surface area contributed by atoms with E-state index in [1.54, 1.807) is 0 Å². The second kappa shape index (κ2) is 4.38. The van der Waals surface area contributed by atoms with Crippen LogP contribution in [-0.4, -0.2) is 22.7 Å². The molecular formula is C7H11FN2O2. The number of halogens is 1. The molecule has 0 aromatic rings. The monoisotopic (exact) mass is 174 g/mol. The van der Waals surface area contributed by atoms with Crippen molar-refractivity contribution in [2.75, 3.05) is 6.67 Å². The zero-order chi connectivity index (χ0) is 9.72. The van der Waals surface area contributed by atoms with Crippen LogP contribution in [0, 0.1) is 0 Å². The number of rotatable bonds is 3. The first-order valence-corrected chi connectivity index (χ1v) is 3.16. The molecule has 0 saturated heterocycles. The Bertz CT molecular complexity index is 246. The maximum absolute atomic E-state index is 11.7. The second-order valence-electron chi connectivity index (χ2n) is 2.13. The van der Waals surface area contributed by atoms with E-state index in [9.17, 15) is 4.39 Å². The summed E-state index contributed by atoms with van der Waals surface area (Å²) in [4.78, 5) is 3.25. The van der Waals surface area contributed by atoms with Crippen molar-refractivity contribution in [1.29, 1.82) is 0 Å². The molecule has 12 heavy (non-hydrogen) atoms. The van der Waals surface area contributed by atoms with E-state index in [4.69, 9.17) is 15.9 Å². The van der Waals surface area contributed by atoms with Crippen molar-refractivity contribution in [1.82, 2.24) is 0 Å². The SMILES string of the molecule is C=C(O)/C(C)=C(O)\N=C(/N)CF. The largest absolute Gasteiger partial charge is 0.508 e. The first-order valence-electron chi connectivity index (χ1n) is 3.16. The van der Waals surface area contributed by atoms with Crippen LogP contribution in [0.1, 0.15) is 6.92 Å². The van der Waals surface area contributed by atoms with E-state index < -0.39 is 12.6 Å². The molecule has 0 saturated carbocycles. The lowest BCUT2D eigenvalue weighted by atomic mass is 10.3. The van der Waals surface area contributed by atoms with Gasteiger partial charge in [0.05, 0.1) is 5.57 Å². The normalized spacial score (nSPS) is 14.0. The Kier molecular flexibility index (Phi) is 3.82. The van der Waals surface area contributed by atoms with Crippen molar-refractivity contribution in [2.45, 2.75) is 6.92 Å². The summed E-state index contributed by atoms with van der Waals surface area (Å²) in [5, 5.41) is 17.8. The molecule has 0 aromatic heterocycles. The van der Waals surface area contributed by atoms with Gasteiger partial charge in [0.1, 0.15) is 18.3 Å². The zero-order valence-electron chi connectivity index (χ0n) is 6.71. The molecule has 0 rings (SSSR count). The van der Waals surface area contributed by atoms with Crippen LogP contribution in [0.25, 0.3) is 0 Å². The third kappa shape index (κ3) is 3.05. The summed E-state index contributed by atoms with van der Waals surface area (Å²) in [6.45, 7) is 3.58. The van der Waals surface area contributed by atoms with Crippen LogP contribution in [0.3, 0.4) is 0 Å². The Hall–Kier alpha value is -1.52. The second-order valence-corrected chi connectivity index (χ2v) is 2.13. The molecule has 0 radical (unpaired) electrons. The molecule has 0 spiro atoms. The standard InChI is InChI=1S/C7H11FN2O2/c1-4(5(2)11)7(12)10-6(9)3-8/h11-12H,2-3H2,1H3,(H2,9,10)/b7-4+. The number of alkyl halides is 1. The van der Waals surface area contributed by atoms with Crippen LogP contribution >= 0.6 is 0 Å².